The summed E-state index contributed by atoms with van der Waals surface area (Å²) in [5.41, 5.74) is 0. The molecule has 4 heterocycles. The first-order valence-corrected chi connectivity index (χ1v) is 13.6. The van der Waals surface area contributed by atoms with E-state index < -0.39 is 112 Å². The van der Waals surface area contributed by atoms with Gasteiger partial charge in [-0.3, -0.25) is 9.59 Å². The van der Waals surface area contributed by atoms with E-state index in [9.17, 15) is 35.1 Å². The van der Waals surface area contributed by atoms with Gasteiger partial charge in [-0.05, 0) is 0 Å². The fourth-order valence-corrected chi connectivity index (χ4v) is 3.12. The minimum atomic E-state index is -2.05. The Morgan fingerprint density at radius 3 is 0.812 bits per heavy atom. The highest BCUT2D eigenvalue weighted by Crippen LogP contribution is 2.28. The van der Waals surface area contributed by atoms with E-state index >= 15 is 0 Å². The first kappa shape index (κ1) is 44.5. The van der Waals surface area contributed by atoms with Crippen molar-refractivity contribution in [3.05, 3.63) is 0 Å². The van der Waals surface area contributed by atoms with Crippen molar-refractivity contribution in [1.82, 2.24) is 0 Å². The predicted octanol–water partition coefficient (Wildman–Crippen LogP) is -10.0. The van der Waals surface area contributed by atoms with Crippen LogP contribution in [0.25, 0.3) is 0 Å². The first-order valence-electron chi connectivity index (χ1n) is 13.6. The largest absolute Gasteiger partial charge is 0.391 e. The van der Waals surface area contributed by atoms with Crippen molar-refractivity contribution in [1.29, 1.82) is 0 Å². The van der Waals surface area contributed by atoms with Crippen LogP contribution in [0.4, 0.5) is 0 Å². The predicted molar refractivity (Wildman–Crippen MR) is 142 cm³/mol. The lowest BCUT2D eigenvalue weighted by atomic mass is 10.2. The first-order chi connectivity index (χ1) is 22.2. The molecule has 0 aromatic heterocycles. The van der Waals surface area contributed by atoms with E-state index in [1.165, 1.54) is 0 Å². The maximum atomic E-state index is 10.2. The Morgan fingerprint density at radius 1 is 0.375 bits per heavy atom. The summed E-state index contributed by atoms with van der Waals surface area (Å²) in [6.07, 6.45) is 0.323. The van der Waals surface area contributed by atoms with Crippen molar-refractivity contribution in [2.75, 3.05) is 92.5 Å². The van der Waals surface area contributed by atoms with Gasteiger partial charge in [0.15, 0.2) is 12.6 Å². The summed E-state index contributed by atoms with van der Waals surface area (Å²) in [5, 5.41) is 125. The van der Waals surface area contributed by atoms with E-state index in [4.69, 9.17) is 69.6 Å². The number of hydrogen-bond acceptors (Lipinski definition) is 24. The highest BCUT2D eigenvalue weighted by Gasteiger charge is 2.50. The third-order valence-corrected chi connectivity index (χ3v) is 6.35. The molecular weight excluding hydrogens is 672 g/mol. The fraction of sp³-hybridized carbons (Fsp3) is 0.917. The molecule has 4 fully saturated rings. The Hall–Kier alpha value is -1.54. The Morgan fingerprint density at radius 2 is 0.646 bits per heavy atom. The van der Waals surface area contributed by atoms with E-state index in [2.05, 4.69) is 14.2 Å². The summed E-state index contributed by atoms with van der Waals surface area (Å²) in [5.74, 6) is -14.6. The summed E-state index contributed by atoms with van der Waals surface area (Å²) in [6.45, 7) is -7.20. The molecule has 0 aromatic carbocycles. The standard InChI is InChI=1S/C6H10O6.2C6H12O6.C6H10O6/c7-1-5(10)4-11-6(2-8,3-9)12-5;3*7-1-5(9)3-12-6(10,2-8)4-11-5/h1,8-10H,2-4H2;2*7-10H,1-4H2;1,8-10H,2-4H2. The maximum absolute atomic E-state index is 10.2. The fourth-order valence-electron chi connectivity index (χ4n) is 3.12. The molecule has 0 saturated carbocycles. The number of aliphatic hydroxyl groups excluding tert-OH is 7. The van der Waals surface area contributed by atoms with Gasteiger partial charge in [-0.1, -0.05) is 0 Å². The second-order valence-electron chi connectivity index (χ2n) is 10.8. The topological polar surface area (TPSA) is 391 Å². The van der Waals surface area contributed by atoms with Gasteiger partial charge in [0.2, 0.25) is 46.3 Å². The molecule has 4 aliphatic heterocycles. The number of aldehydes is 2. The minimum Gasteiger partial charge on any atom is -0.391 e. The van der Waals surface area contributed by atoms with Gasteiger partial charge in [0.25, 0.3) is 0 Å². The van der Waals surface area contributed by atoms with Gasteiger partial charge in [0.05, 0.1) is 46.2 Å². The number of carbonyl (C=O) groups excluding carboxylic acids is 2. The van der Waals surface area contributed by atoms with E-state index in [1.54, 1.807) is 0 Å². The normalized spacial score (nSPS) is 40.5. The summed E-state index contributed by atoms with van der Waals surface area (Å²) in [7, 11) is 0. The summed E-state index contributed by atoms with van der Waals surface area (Å²) >= 11 is 0. The summed E-state index contributed by atoms with van der Waals surface area (Å²) in [4.78, 5) is 20.4. The van der Waals surface area contributed by atoms with Crippen molar-refractivity contribution >= 4 is 12.6 Å². The molecule has 24 nitrogen and oxygen atoms in total. The van der Waals surface area contributed by atoms with Crippen LogP contribution < -0.4 is 0 Å². The summed E-state index contributed by atoms with van der Waals surface area (Å²) in [6, 6.07) is 0. The molecule has 4 aliphatic rings. The SMILES string of the molecule is O=CC1(O)COC(CO)(CO)O1.O=CC1(O)COC(O)(CO)CO1.OCC1(O)COC(O)(CO)CO1.OCC1(O)COC(O)(CO)CO1. The van der Waals surface area contributed by atoms with E-state index in [0.29, 0.717) is 0 Å². The third-order valence-electron chi connectivity index (χ3n) is 6.35. The molecule has 7 unspecified atom stereocenters. The van der Waals surface area contributed by atoms with Crippen molar-refractivity contribution in [2.24, 2.45) is 0 Å². The molecule has 7 atom stereocenters. The molecule has 14 N–H and O–H groups in total. The Balaban J connectivity index is 0.000000320. The van der Waals surface area contributed by atoms with Gasteiger partial charge >= 0.3 is 0 Å². The van der Waals surface area contributed by atoms with Gasteiger partial charge in [-0.25, -0.2) is 0 Å². The number of hydrogen-bond donors (Lipinski definition) is 14. The molecule has 284 valence electrons. The van der Waals surface area contributed by atoms with Crippen molar-refractivity contribution in [3.8, 4) is 0 Å². The molecule has 0 aromatic rings. The van der Waals surface area contributed by atoms with Crippen LogP contribution in [0.2, 0.25) is 0 Å². The van der Waals surface area contributed by atoms with Crippen LogP contribution in [0.5, 0.6) is 0 Å². The smallest absolute Gasteiger partial charge is 0.250 e. The van der Waals surface area contributed by atoms with Gasteiger partial charge < -0.3 is 109 Å². The highest BCUT2D eigenvalue weighted by atomic mass is 16.8. The second kappa shape index (κ2) is 18.1. The van der Waals surface area contributed by atoms with Crippen LogP contribution >= 0.6 is 0 Å². The van der Waals surface area contributed by atoms with Gasteiger partial charge in [0.1, 0.15) is 46.2 Å². The van der Waals surface area contributed by atoms with Crippen molar-refractivity contribution < 1.29 is 119 Å². The lowest BCUT2D eigenvalue weighted by molar-refractivity contribution is -0.377. The quantitative estimate of drug-likeness (QED) is 0.0985. The average Bonchev–Trinajstić information content (AvgIpc) is 3.48. The lowest BCUT2D eigenvalue weighted by Gasteiger charge is -2.38. The molecule has 4 saturated heterocycles. The highest BCUT2D eigenvalue weighted by molar-refractivity contribution is 5.60. The molecule has 24 heteroatoms. The van der Waals surface area contributed by atoms with Crippen LogP contribution in [-0.2, 0) is 47.5 Å². The number of rotatable bonds is 9. The van der Waals surface area contributed by atoms with Crippen LogP contribution in [-0.4, -0.2) is 223 Å². The number of carbonyl (C=O) groups is 2. The molecule has 0 radical (unpaired) electrons. The Labute approximate surface area is 270 Å². The second-order valence-corrected chi connectivity index (χ2v) is 10.8. The lowest BCUT2D eigenvalue weighted by Crippen LogP contribution is -2.56. The zero-order valence-corrected chi connectivity index (χ0v) is 25.4. The molecule has 0 amide bonds. The van der Waals surface area contributed by atoms with E-state index in [1.807, 2.05) is 0 Å². The van der Waals surface area contributed by atoms with Crippen molar-refractivity contribution in [2.45, 2.75) is 46.3 Å². The monoisotopic (exact) mass is 716 g/mol. The zero-order valence-electron chi connectivity index (χ0n) is 25.4. The molecule has 0 aliphatic carbocycles. The number of aliphatic hydroxyl groups is 14. The third kappa shape index (κ3) is 13.0. The zero-order chi connectivity index (χ0) is 37.0. The van der Waals surface area contributed by atoms with Crippen LogP contribution in [0.3, 0.4) is 0 Å². The molecule has 4 rings (SSSR count). The van der Waals surface area contributed by atoms with Crippen LogP contribution in [0.1, 0.15) is 0 Å². The van der Waals surface area contributed by atoms with Crippen molar-refractivity contribution in [3.63, 3.8) is 0 Å². The number of ether oxygens (including phenoxy) is 8. The van der Waals surface area contributed by atoms with Gasteiger partial charge in [-0.2, -0.15) is 0 Å². The van der Waals surface area contributed by atoms with Gasteiger partial charge in [-0.15, -0.1) is 0 Å². The Bertz CT molecular complexity index is 880. The van der Waals surface area contributed by atoms with Gasteiger partial charge in [0, 0.05) is 0 Å². The summed E-state index contributed by atoms with van der Waals surface area (Å²) < 4.78 is 37.4. The molecule has 0 spiro atoms. The minimum absolute atomic E-state index is 0.153. The maximum Gasteiger partial charge on any atom is 0.250 e. The van der Waals surface area contributed by atoms with Crippen LogP contribution in [0.15, 0.2) is 0 Å². The van der Waals surface area contributed by atoms with E-state index in [0.717, 1.165) is 0 Å². The molecule has 0 bridgehead atoms. The molecule has 48 heavy (non-hydrogen) atoms. The average molecular weight is 717 g/mol. The Kier molecular flexibility index (Phi) is 16.8. The van der Waals surface area contributed by atoms with Crippen LogP contribution in [0, 0.1) is 0 Å². The molecular formula is C24H44O24. The van der Waals surface area contributed by atoms with E-state index in [-0.39, 0.29) is 39.0 Å².